The summed E-state index contributed by atoms with van der Waals surface area (Å²) >= 11 is 0. The van der Waals surface area contributed by atoms with Crippen LogP contribution < -0.4 is 14.4 Å². The largest absolute Gasteiger partial charge is 0.493 e. The first-order valence-electron chi connectivity index (χ1n) is 7.62. The molecule has 1 aliphatic heterocycles. The molecule has 1 aromatic carbocycles. The molecule has 0 spiro atoms. The van der Waals surface area contributed by atoms with E-state index in [2.05, 4.69) is 9.97 Å². The summed E-state index contributed by atoms with van der Waals surface area (Å²) in [5.74, 6) is 0.467. The van der Waals surface area contributed by atoms with E-state index in [0.717, 1.165) is 5.39 Å². The molecule has 0 unspecified atom stereocenters. The summed E-state index contributed by atoms with van der Waals surface area (Å²) in [4.78, 5) is 10.4. The van der Waals surface area contributed by atoms with E-state index in [-0.39, 0.29) is 12.8 Å². The zero-order valence-electron chi connectivity index (χ0n) is 13.4. The highest BCUT2D eigenvalue weighted by molar-refractivity contribution is 5.92. The summed E-state index contributed by atoms with van der Waals surface area (Å²) in [6.45, 7) is 0.620. The van der Waals surface area contributed by atoms with Gasteiger partial charge in [0.2, 0.25) is 0 Å². The van der Waals surface area contributed by atoms with Gasteiger partial charge in [0.1, 0.15) is 12.1 Å². The minimum atomic E-state index is -4.13. The fourth-order valence-corrected chi connectivity index (χ4v) is 3.04. The highest BCUT2D eigenvalue weighted by Crippen LogP contribution is 2.38. The Bertz CT molecular complexity index is 728. The number of anilines is 1. The Morgan fingerprint density at radius 1 is 1.04 bits per heavy atom. The Morgan fingerprint density at radius 3 is 2.25 bits per heavy atom. The van der Waals surface area contributed by atoms with E-state index in [1.165, 1.54) is 20.5 Å². The van der Waals surface area contributed by atoms with Crippen LogP contribution in [0.5, 0.6) is 11.5 Å². The van der Waals surface area contributed by atoms with Crippen LogP contribution in [0.15, 0.2) is 18.5 Å². The molecule has 3 rings (SSSR count). The Kier molecular flexibility index (Phi) is 4.38. The van der Waals surface area contributed by atoms with Crippen molar-refractivity contribution in [1.29, 1.82) is 0 Å². The highest BCUT2D eigenvalue weighted by Gasteiger charge is 2.41. The topological polar surface area (TPSA) is 47.5 Å². The molecule has 1 fully saturated rings. The Morgan fingerprint density at radius 2 is 1.67 bits per heavy atom. The lowest BCUT2D eigenvalue weighted by Crippen LogP contribution is -2.39. The van der Waals surface area contributed by atoms with Crippen LogP contribution in [0, 0.1) is 5.92 Å². The van der Waals surface area contributed by atoms with Gasteiger partial charge in [-0.1, -0.05) is 0 Å². The van der Waals surface area contributed by atoms with Crippen LogP contribution in [0.4, 0.5) is 19.0 Å². The van der Waals surface area contributed by atoms with E-state index in [1.807, 2.05) is 4.90 Å². The van der Waals surface area contributed by atoms with Crippen LogP contribution in [0.25, 0.3) is 10.9 Å². The van der Waals surface area contributed by atoms with Crippen LogP contribution >= 0.6 is 0 Å². The van der Waals surface area contributed by atoms with Crippen LogP contribution in [-0.2, 0) is 0 Å². The Balaban J connectivity index is 1.93. The van der Waals surface area contributed by atoms with Gasteiger partial charge in [-0.3, -0.25) is 0 Å². The fourth-order valence-electron chi connectivity index (χ4n) is 3.04. The first-order chi connectivity index (χ1) is 11.4. The number of piperidine rings is 1. The van der Waals surface area contributed by atoms with Gasteiger partial charge < -0.3 is 14.4 Å². The second-order valence-corrected chi connectivity index (χ2v) is 5.72. The number of benzene rings is 1. The van der Waals surface area contributed by atoms with Gasteiger partial charge >= 0.3 is 6.18 Å². The number of ether oxygens (including phenoxy) is 2. The van der Waals surface area contributed by atoms with Crippen molar-refractivity contribution in [2.24, 2.45) is 5.92 Å². The highest BCUT2D eigenvalue weighted by atomic mass is 19.4. The maximum Gasteiger partial charge on any atom is 0.391 e. The van der Waals surface area contributed by atoms with Crippen molar-refractivity contribution < 1.29 is 22.6 Å². The van der Waals surface area contributed by atoms with Crippen molar-refractivity contribution in [3.8, 4) is 11.5 Å². The molecule has 0 amide bonds. The summed E-state index contributed by atoms with van der Waals surface area (Å²) < 4.78 is 49.1. The summed E-state index contributed by atoms with van der Waals surface area (Å²) in [6, 6.07) is 3.50. The molecular formula is C16H18F3N3O2. The smallest absolute Gasteiger partial charge is 0.391 e. The molecule has 1 aromatic heterocycles. The quantitative estimate of drug-likeness (QED) is 0.856. The van der Waals surface area contributed by atoms with E-state index < -0.39 is 12.1 Å². The van der Waals surface area contributed by atoms with Crippen LogP contribution in [0.1, 0.15) is 12.8 Å². The molecule has 24 heavy (non-hydrogen) atoms. The molecule has 2 heterocycles. The average molecular weight is 341 g/mol. The predicted molar refractivity (Wildman–Crippen MR) is 83.6 cm³/mol. The van der Waals surface area contributed by atoms with Gasteiger partial charge in [0.25, 0.3) is 0 Å². The SMILES string of the molecule is COc1cc2ncnc(N3CCC(C(F)(F)F)CC3)c2cc1OC. The number of halogens is 3. The number of hydrogen-bond acceptors (Lipinski definition) is 5. The normalized spacial score (nSPS) is 16.5. The predicted octanol–water partition coefficient (Wildman–Crippen LogP) is 3.43. The van der Waals surface area contributed by atoms with Gasteiger partial charge in [-0.05, 0) is 18.9 Å². The van der Waals surface area contributed by atoms with Crippen LogP contribution in [0.3, 0.4) is 0 Å². The van der Waals surface area contributed by atoms with Gasteiger partial charge in [0.05, 0.1) is 25.7 Å². The molecule has 5 nitrogen and oxygen atoms in total. The second-order valence-electron chi connectivity index (χ2n) is 5.72. The van der Waals surface area contributed by atoms with Crippen molar-refractivity contribution in [2.45, 2.75) is 19.0 Å². The second kappa shape index (κ2) is 6.33. The Hall–Kier alpha value is -2.25. The molecule has 1 saturated heterocycles. The molecule has 0 aliphatic carbocycles. The van der Waals surface area contributed by atoms with Gasteiger partial charge in [0.15, 0.2) is 11.5 Å². The third kappa shape index (κ3) is 3.05. The maximum absolute atomic E-state index is 12.8. The van der Waals surface area contributed by atoms with Crippen LogP contribution in [0.2, 0.25) is 0 Å². The maximum atomic E-state index is 12.8. The summed E-state index contributed by atoms with van der Waals surface area (Å²) in [5, 5.41) is 0.737. The monoisotopic (exact) mass is 341 g/mol. The fraction of sp³-hybridized carbons (Fsp3) is 0.500. The lowest BCUT2D eigenvalue weighted by Gasteiger charge is -2.34. The molecule has 0 radical (unpaired) electrons. The van der Waals surface area contributed by atoms with E-state index in [0.29, 0.717) is 35.9 Å². The van der Waals surface area contributed by atoms with Gasteiger partial charge in [0, 0.05) is 24.5 Å². The van der Waals surface area contributed by atoms with E-state index >= 15 is 0 Å². The Labute approximate surface area is 137 Å². The van der Waals surface area contributed by atoms with E-state index in [4.69, 9.17) is 9.47 Å². The number of rotatable bonds is 3. The summed E-state index contributed by atoms with van der Waals surface area (Å²) in [5.41, 5.74) is 0.663. The molecule has 0 bridgehead atoms. The lowest BCUT2D eigenvalue weighted by molar-refractivity contribution is -0.179. The molecule has 0 N–H and O–H groups in total. The summed E-state index contributed by atoms with van der Waals surface area (Å²) in [6.07, 6.45) is -2.57. The van der Waals surface area contributed by atoms with Crippen molar-refractivity contribution in [3.05, 3.63) is 18.5 Å². The van der Waals surface area contributed by atoms with E-state index in [1.54, 1.807) is 12.1 Å². The first kappa shape index (κ1) is 16.6. The van der Waals surface area contributed by atoms with E-state index in [9.17, 15) is 13.2 Å². The van der Waals surface area contributed by atoms with Gasteiger partial charge in [-0.15, -0.1) is 0 Å². The number of alkyl halides is 3. The molecule has 0 saturated carbocycles. The average Bonchev–Trinajstić information content (AvgIpc) is 2.59. The zero-order valence-corrected chi connectivity index (χ0v) is 13.4. The standard InChI is InChI=1S/C16H18F3N3O2/c1-23-13-7-11-12(8-14(13)24-2)20-9-21-15(11)22-5-3-10(4-6-22)16(17,18)19/h7-10H,3-6H2,1-2H3. The zero-order chi connectivity index (χ0) is 17.3. The van der Waals surface area contributed by atoms with Crippen LogP contribution in [-0.4, -0.2) is 43.5 Å². The minimum absolute atomic E-state index is 0.0717. The molecule has 0 atom stereocenters. The third-order valence-electron chi connectivity index (χ3n) is 4.38. The van der Waals surface area contributed by atoms with Crippen molar-refractivity contribution in [1.82, 2.24) is 9.97 Å². The molecule has 1 aliphatic rings. The van der Waals surface area contributed by atoms with Crippen molar-refractivity contribution in [3.63, 3.8) is 0 Å². The van der Waals surface area contributed by atoms with Crippen molar-refractivity contribution in [2.75, 3.05) is 32.2 Å². The van der Waals surface area contributed by atoms with Gasteiger partial charge in [-0.25, -0.2) is 9.97 Å². The number of fused-ring (bicyclic) bond motifs is 1. The third-order valence-corrected chi connectivity index (χ3v) is 4.38. The summed E-state index contributed by atoms with van der Waals surface area (Å²) in [7, 11) is 3.07. The molecular weight excluding hydrogens is 323 g/mol. The lowest BCUT2D eigenvalue weighted by atomic mass is 9.96. The number of hydrogen-bond donors (Lipinski definition) is 0. The molecule has 2 aromatic rings. The number of nitrogens with zero attached hydrogens (tertiary/aromatic N) is 3. The first-order valence-corrected chi connectivity index (χ1v) is 7.62. The molecule has 130 valence electrons. The minimum Gasteiger partial charge on any atom is -0.493 e. The number of methoxy groups -OCH3 is 2. The number of aromatic nitrogens is 2. The van der Waals surface area contributed by atoms with Crippen molar-refractivity contribution >= 4 is 16.7 Å². The molecule has 8 heteroatoms. The van der Waals surface area contributed by atoms with Gasteiger partial charge in [-0.2, -0.15) is 13.2 Å².